The normalized spacial score (nSPS) is 16.3. The molecule has 1 aliphatic heterocycles. The van der Waals surface area contributed by atoms with Gasteiger partial charge in [-0.15, -0.1) is 0 Å². The minimum atomic E-state index is 0.00526. The van der Waals surface area contributed by atoms with Crippen LogP contribution in [0.2, 0.25) is 0 Å². The van der Waals surface area contributed by atoms with E-state index in [9.17, 15) is 4.79 Å². The Hall–Kier alpha value is -0.920. The average molecular weight is 345 g/mol. The van der Waals surface area contributed by atoms with Crippen molar-refractivity contribution >= 4 is 21.8 Å². The molecule has 1 aliphatic rings. The predicted octanol–water partition coefficient (Wildman–Crippen LogP) is 0.793. The smallest absolute Gasteiger partial charge is 0.241 e. The summed E-state index contributed by atoms with van der Waals surface area (Å²) in [5.41, 5.74) is 0.966. The summed E-state index contributed by atoms with van der Waals surface area (Å²) in [5.74, 6) is 0.00526. The van der Waals surface area contributed by atoms with E-state index in [0.29, 0.717) is 6.54 Å². The molecule has 0 spiro atoms. The topological polar surface area (TPSA) is 59.4 Å². The van der Waals surface area contributed by atoms with Gasteiger partial charge in [0.05, 0.1) is 29.6 Å². The summed E-state index contributed by atoms with van der Waals surface area (Å²) in [4.78, 5) is 14.2. The van der Waals surface area contributed by atoms with Crippen LogP contribution in [0.5, 0.6) is 0 Å². The lowest BCUT2D eigenvalue weighted by Gasteiger charge is -2.26. The van der Waals surface area contributed by atoms with Gasteiger partial charge in [0.1, 0.15) is 6.54 Å². The van der Waals surface area contributed by atoms with Crippen LogP contribution in [0.25, 0.3) is 0 Å². The number of nitrogens with one attached hydrogen (secondary N) is 1. The van der Waals surface area contributed by atoms with Gasteiger partial charge in [-0.2, -0.15) is 5.10 Å². The van der Waals surface area contributed by atoms with E-state index < -0.39 is 0 Å². The number of morpholine rings is 1. The first-order valence-electron chi connectivity index (χ1n) is 6.91. The van der Waals surface area contributed by atoms with Gasteiger partial charge in [0, 0.05) is 19.6 Å². The van der Waals surface area contributed by atoms with Crippen molar-refractivity contribution in [3.8, 4) is 0 Å². The molecule has 0 aromatic carbocycles. The second kappa shape index (κ2) is 7.75. The van der Waals surface area contributed by atoms with Crippen LogP contribution in [0.3, 0.4) is 0 Å². The highest BCUT2D eigenvalue weighted by Gasteiger charge is 2.10. The molecule has 20 heavy (non-hydrogen) atoms. The van der Waals surface area contributed by atoms with Crippen molar-refractivity contribution in [2.75, 3.05) is 39.4 Å². The summed E-state index contributed by atoms with van der Waals surface area (Å²) in [5, 5.41) is 7.08. The largest absolute Gasteiger partial charge is 0.379 e. The van der Waals surface area contributed by atoms with Crippen molar-refractivity contribution in [3.05, 3.63) is 16.4 Å². The minimum Gasteiger partial charge on any atom is -0.379 e. The van der Waals surface area contributed by atoms with E-state index in [-0.39, 0.29) is 12.5 Å². The molecule has 1 aromatic rings. The van der Waals surface area contributed by atoms with Crippen molar-refractivity contribution < 1.29 is 9.53 Å². The molecule has 1 N–H and O–H groups in total. The van der Waals surface area contributed by atoms with Gasteiger partial charge in [0.15, 0.2) is 0 Å². The lowest BCUT2D eigenvalue weighted by atomic mass is 10.3. The van der Waals surface area contributed by atoms with E-state index in [4.69, 9.17) is 4.74 Å². The van der Waals surface area contributed by atoms with Crippen LogP contribution in [0.1, 0.15) is 12.1 Å². The van der Waals surface area contributed by atoms with Gasteiger partial charge in [-0.25, -0.2) is 0 Å². The number of hydrogen-bond donors (Lipinski definition) is 1. The van der Waals surface area contributed by atoms with Crippen molar-refractivity contribution in [1.82, 2.24) is 20.0 Å². The zero-order valence-corrected chi connectivity index (χ0v) is 13.4. The fourth-order valence-electron chi connectivity index (χ4n) is 2.13. The van der Waals surface area contributed by atoms with Gasteiger partial charge >= 0.3 is 0 Å². The standard InChI is InChI=1S/C13H21BrN4O2/c1-11-12(14)9-16-18(11)10-13(19)15-3-2-4-17-5-7-20-8-6-17/h9H,2-8,10H2,1H3,(H,15,19). The number of carbonyl (C=O) groups is 1. The lowest BCUT2D eigenvalue weighted by molar-refractivity contribution is -0.121. The minimum absolute atomic E-state index is 0.00526. The molecule has 2 rings (SSSR count). The number of hydrogen-bond acceptors (Lipinski definition) is 4. The van der Waals surface area contributed by atoms with Crippen LogP contribution in [0, 0.1) is 6.92 Å². The first-order chi connectivity index (χ1) is 9.66. The van der Waals surface area contributed by atoms with Crippen molar-refractivity contribution in [2.45, 2.75) is 19.9 Å². The van der Waals surface area contributed by atoms with Crippen LogP contribution in [0.15, 0.2) is 10.7 Å². The Morgan fingerprint density at radius 3 is 2.90 bits per heavy atom. The van der Waals surface area contributed by atoms with E-state index in [0.717, 1.165) is 49.4 Å². The highest BCUT2D eigenvalue weighted by molar-refractivity contribution is 9.10. The number of halogens is 1. The maximum atomic E-state index is 11.8. The summed E-state index contributed by atoms with van der Waals surface area (Å²) < 4.78 is 7.92. The Bertz CT molecular complexity index is 444. The van der Waals surface area contributed by atoms with Crippen molar-refractivity contribution in [2.24, 2.45) is 0 Å². The van der Waals surface area contributed by atoms with E-state index in [1.54, 1.807) is 10.9 Å². The first kappa shape index (κ1) is 15.5. The molecule has 1 fully saturated rings. The molecule has 1 aromatic heterocycles. The monoisotopic (exact) mass is 344 g/mol. The number of carbonyl (C=O) groups excluding carboxylic acids is 1. The molecule has 0 radical (unpaired) electrons. The maximum absolute atomic E-state index is 11.8. The molecular formula is C13H21BrN4O2. The molecule has 0 unspecified atom stereocenters. The Labute approximate surface area is 127 Å². The third-order valence-corrected chi connectivity index (χ3v) is 4.19. The van der Waals surface area contributed by atoms with Gasteiger partial charge in [-0.3, -0.25) is 14.4 Å². The fourth-order valence-corrected chi connectivity index (χ4v) is 2.43. The average Bonchev–Trinajstić information content (AvgIpc) is 2.77. The predicted molar refractivity (Wildman–Crippen MR) is 79.5 cm³/mol. The highest BCUT2D eigenvalue weighted by atomic mass is 79.9. The molecule has 0 atom stereocenters. The Morgan fingerprint density at radius 1 is 1.50 bits per heavy atom. The zero-order valence-electron chi connectivity index (χ0n) is 11.8. The molecule has 2 heterocycles. The van der Waals surface area contributed by atoms with E-state index in [2.05, 4.69) is 31.2 Å². The second-order valence-electron chi connectivity index (χ2n) is 4.89. The van der Waals surface area contributed by atoms with Crippen LogP contribution in [-0.2, 0) is 16.1 Å². The van der Waals surface area contributed by atoms with E-state index in [1.807, 2.05) is 6.92 Å². The first-order valence-corrected chi connectivity index (χ1v) is 7.71. The van der Waals surface area contributed by atoms with Crippen molar-refractivity contribution in [3.63, 3.8) is 0 Å². The maximum Gasteiger partial charge on any atom is 0.241 e. The Morgan fingerprint density at radius 2 is 2.25 bits per heavy atom. The second-order valence-corrected chi connectivity index (χ2v) is 5.75. The SMILES string of the molecule is Cc1c(Br)cnn1CC(=O)NCCCN1CCOCC1. The molecule has 6 nitrogen and oxygen atoms in total. The van der Waals surface area contributed by atoms with Crippen molar-refractivity contribution in [1.29, 1.82) is 0 Å². The van der Waals surface area contributed by atoms with E-state index >= 15 is 0 Å². The fraction of sp³-hybridized carbons (Fsp3) is 0.692. The molecule has 7 heteroatoms. The van der Waals surface area contributed by atoms with Crippen LogP contribution < -0.4 is 5.32 Å². The summed E-state index contributed by atoms with van der Waals surface area (Å²) in [7, 11) is 0. The molecule has 112 valence electrons. The number of rotatable bonds is 6. The highest BCUT2D eigenvalue weighted by Crippen LogP contribution is 2.13. The molecular weight excluding hydrogens is 324 g/mol. The summed E-state index contributed by atoms with van der Waals surface area (Å²) in [6, 6.07) is 0. The number of amides is 1. The molecule has 0 bridgehead atoms. The summed E-state index contributed by atoms with van der Waals surface area (Å²) >= 11 is 3.38. The van der Waals surface area contributed by atoms with Gasteiger partial charge in [0.25, 0.3) is 0 Å². The molecule has 1 saturated heterocycles. The Balaban J connectivity index is 1.61. The number of ether oxygens (including phenoxy) is 1. The quantitative estimate of drug-likeness (QED) is 0.775. The van der Waals surface area contributed by atoms with Gasteiger partial charge in [-0.1, -0.05) is 0 Å². The molecule has 0 saturated carbocycles. The zero-order chi connectivity index (χ0) is 14.4. The number of aromatic nitrogens is 2. The summed E-state index contributed by atoms with van der Waals surface area (Å²) in [6.45, 7) is 7.55. The lowest BCUT2D eigenvalue weighted by Crippen LogP contribution is -2.38. The van der Waals surface area contributed by atoms with Gasteiger partial charge in [-0.05, 0) is 35.8 Å². The van der Waals surface area contributed by atoms with Crippen LogP contribution in [-0.4, -0.2) is 60.0 Å². The van der Waals surface area contributed by atoms with Gasteiger partial charge < -0.3 is 10.1 Å². The van der Waals surface area contributed by atoms with Crippen LogP contribution in [0.4, 0.5) is 0 Å². The van der Waals surface area contributed by atoms with E-state index in [1.165, 1.54) is 0 Å². The molecule has 0 aliphatic carbocycles. The third kappa shape index (κ3) is 4.57. The molecule has 1 amide bonds. The summed E-state index contributed by atoms with van der Waals surface area (Å²) in [6.07, 6.45) is 2.68. The van der Waals surface area contributed by atoms with Gasteiger partial charge in [0.2, 0.25) is 5.91 Å². The number of nitrogens with zero attached hydrogens (tertiary/aromatic N) is 3. The van der Waals surface area contributed by atoms with Crippen LogP contribution >= 0.6 is 15.9 Å². The Kier molecular flexibility index (Phi) is 6.00. The third-order valence-electron chi connectivity index (χ3n) is 3.41.